The van der Waals surface area contributed by atoms with E-state index in [9.17, 15) is 14.7 Å². The third-order valence-corrected chi connectivity index (χ3v) is 5.90. The molecule has 2 aromatic carbocycles. The van der Waals surface area contributed by atoms with Crippen molar-refractivity contribution in [3.8, 4) is 5.75 Å². The van der Waals surface area contributed by atoms with E-state index in [-0.39, 0.29) is 26.5 Å². The Morgan fingerprint density at radius 3 is 2.00 bits per heavy atom. The number of carbonyl (C=O) groups excluding carboxylic acids is 2. The van der Waals surface area contributed by atoms with Crippen LogP contribution >= 0.6 is 34.8 Å². The van der Waals surface area contributed by atoms with Crippen molar-refractivity contribution in [2.75, 3.05) is 26.2 Å². The van der Waals surface area contributed by atoms with Gasteiger partial charge in [-0.1, -0.05) is 53.9 Å². The second kappa shape index (κ2) is 8.60. The van der Waals surface area contributed by atoms with Crippen molar-refractivity contribution in [2.24, 2.45) is 0 Å². The standard InChI is InChI=1S/C20H19Cl3N2O3/c1-2-12-3-5-13(6-4-12)19(27)24-7-9-25(10-8-24)20(28)16-17(23)14(21)11-15(22)18(16)26/h3-6,11,26H,2,7-10H2,1H3. The quantitative estimate of drug-likeness (QED) is 0.713. The molecule has 0 saturated carbocycles. The van der Waals surface area contributed by atoms with Crippen molar-refractivity contribution in [3.05, 3.63) is 62.1 Å². The topological polar surface area (TPSA) is 60.9 Å². The van der Waals surface area contributed by atoms with Gasteiger partial charge >= 0.3 is 0 Å². The van der Waals surface area contributed by atoms with E-state index in [4.69, 9.17) is 34.8 Å². The molecule has 1 aliphatic heterocycles. The molecule has 8 heteroatoms. The van der Waals surface area contributed by atoms with Crippen LogP contribution in [0.3, 0.4) is 0 Å². The van der Waals surface area contributed by atoms with Gasteiger partial charge < -0.3 is 14.9 Å². The second-order valence-electron chi connectivity index (χ2n) is 6.51. The molecule has 28 heavy (non-hydrogen) atoms. The molecule has 1 heterocycles. The molecule has 1 fully saturated rings. The van der Waals surface area contributed by atoms with Crippen molar-refractivity contribution in [1.29, 1.82) is 0 Å². The molecule has 2 aromatic rings. The summed E-state index contributed by atoms with van der Waals surface area (Å²) < 4.78 is 0. The zero-order valence-corrected chi connectivity index (χ0v) is 17.5. The minimum Gasteiger partial charge on any atom is -0.505 e. The summed E-state index contributed by atoms with van der Waals surface area (Å²) in [7, 11) is 0. The predicted molar refractivity (Wildman–Crippen MR) is 111 cm³/mol. The normalized spacial score (nSPS) is 14.3. The average molecular weight is 442 g/mol. The van der Waals surface area contributed by atoms with Gasteiger partial charge in [-0.2, -0.15) is 0 Å². The average Bonchev–Trinajstić information content (AvgIpc) is 2.72. The van der Waals surface area contributed by atoms with Crippen LogP contribution in [0.5, 0.6) is 5.75 Å². The van der Waals surface area contributed by atoms with E-state index in [1.807, 2.05) is 24.3 Å². The van der Waals surface area contributed by atoms with Crippen LogP contribution in [0, 0.1) is 0 Å². The summed E-state index contributed by atoms with van der Waals surface area (Å²) in [5.74, 6) is -0.927. The Morgan fingerprint density at radius 1 is 0.929 bits per heavy atom. The number of phenols is 1. The van der Waals surface area contributed by atoms with Crippen LogP contribution < -0.4 is 0 Å². The summed E-state index contributed by atoms with van der Waals surface area (Å²) in [5.41, 5.74) is 1.68. The number of hydrogen-bond donors (Lipinski definition) is 1. The van der Waals surface area contributed by atoms with E-state index >= 15 is 0 Å². The number of nitrogens with zero attached hydrogens (tertiary/aromatic N) is 2. The maximum Gasteiger partial charge on any atom is 0.259 e. The highest BCUT2D eigenvalue weighted by Gasteiger charge is 2.29. The van der Waals surface area contributed by atoms with Crippen molar-refractivity contribution < 1.29 is 14.7 Å². The molecular formula is C20H19Cl3N2O3. The maximum atomic E-state index is 12.8. The Morgan fingerprint density at radius 2 is 1.46 bits per heavy atom. The van der Waals surface area contributed by atoms with Gasteiger partial charge in [-0.15, -0.1) is 0 Å². The van der Waals surface area contributed by atoms with Gasteiger partial charge in [0.25, 0.3) is 11.8 Å². The minimum absolute atomic E-state index is 0.0388. The molecule has 0 unspecified atom stereocenters. The van der Waals surface area contributed by atoms with Gasteiger partial charge in [-0.05, 0) is 30.2 Å². The van der Waals surface area contributed by atoms with Gasteiger partial charge in [-0.25, -0.2) is 0 Å². The van der Waals surface area contributed by atoms with E-state index < -0.39 is 11.7 Å². The van der Waals surface area contributed by atoms with Crippen molar-refractivity contribution in [3.63, 3.8) is 0 Å². The first kappa shape index (κ1) is 20.8. The fourth-order valence-electron chi connectivity index (χ4n) is 3.12. The largest absolute Gasteiger partial charge is 0.505 e. The number of amides is 2. The van der Waals surface area contributed by atoms with E-state index in [0.717, 1.165) is 6.42 Å². The highest BCUT2D eigenvalue weighted by atomic mass is 35.5. The van der Waals surface area contributed by atoms with Crippen LogP contribution in [0.1, 0.15) is 33.2 Å². The lowest BCUT2D eigenvalue weighted by molar-refractivity contribution is 0.0534. The third kappa shape index (κ3) is 4.07. The van der Waals surface area contributed by atoms with Gasteiger partial charge in [0, 0.05) is 31.7 Å². The Bertz CT molecular complexity index is 882. The molecule has 1 saturated heterocycles. The van der Waals surface area contributed by atoms with Gasteiger partial charge in [0.05, 0.1) is 15.1 Å². The van der Waals surface area contributed by atoms with Gasteiger partial charge in [-0.3, -0.25) is 9.59 Å². The number of piperazine rings is 1. The van der Waals surface area contributed by atoms with Gasteiger partial charge in [0.1, 0.15) is 11.3 Å². The fraction of sp³-hybridized carbons (Fsp3) is 0.300. The lowest BCUT2D eigenvalue weighted by atomic mass is 10.1. The summed E-state index contributed by atoms with van der Waals surface area (Å²) in [4.78, 5) is 28.7. The molecule has 5 nitrogen and oxygen atoms in total. The monoisotopic (exact) mass is 440 g/mol. The number of rotatable bonds is 3. The molecule has 0 radical (unpaired) electrons. The number of carbonyl (C=O) groups is 2. The number of aromatic hydroxyl groups is 1. The highest BCUT2D eigenvalue weighted by molar-refractivity contribution is 6.45. The fourth-order valence-corrected chi connectivity index (χ4v) is 3.81. The summed E-state index contributed by atoms with van der Waals surface area (Å²) in [6, 6.07) is 8.83. The van der Waals surface area contributed by atoms with Crippen LogP contribution in [0.2, 0.25) is 15.1 Å². The second-order valence-corrected chi connectivity index (χ2v) is 7.71. The zero-order chi connectivity index (χ0) is 20.4. The lowest BCUT2D eigenvalue weighted by Gasteiger charge is -2.35. The number of aryl methyl sites for hydroxylation is 1. The van der Waals surface area contributed by atoms with Crippen LogP contribution in [-0.4, -0.2) is 52.9 Å². The van der Waals surface area contributed by atoms with Crippen LogP contribution in [0.25, 0.3) is 0 Å². The molecule has 0 spiro atoms. The smallest absolute Gasteiger partial charge is 0.259 e. The first-order chi connectivity index (χ1) is 13.3. The summed E-state index contributed by atoms with van der Waals surface area (Å²) in [6.45, 7) is 3.46. The molecule has 0 aliphatic carbocycles. The molecular weight excluding hydrogens is 423 g/mol. The Labute approximate surface area is 178 Å². The zero-order valence-electron chi connectivity index (χ0n) is 15.2. The van der Waals surface area contributed by atoms with Gasteiger partial charge in [0.15, 0.2) is 0 Å². The molecule has 148 valence electrons. The summed E-state index contributed by atoms with van der Waals surface area (Å²) >= 11 is 18.0. The Kier molecular flexibility index (Phi) is 6.38. The van der Waals surface area contributed by atoms with E-state index in [0.29, 0.717) is 31.7 Å². The SMILES string of the molecule is CCc1ccc(C(=O)N2CCN(C(=O)c3c(O)c(Cl)cc(Cl)c3Cl)CC2)cc1. The molecule has 3 rings (SSSR count). The Hall–Kier alpha value is -1.95. The number of hydrogen-bond acceptors (Lipinski definition) is 3. The van der Waals surface area contributed by atoms with E-state index in [2.05, 4.69) is 6.92 Å². The molecule has 0 bridgehead atoms. The Balaban J connectivity index is 1.70. The molecule has 0 aromatic heterocycles. The summed E-state index contributed by atoms with van der Waals surface area (Å²) in [5, 5.41) is 10.2. The number of phenolic OH excluding ortho intramolecular Hbond substituents is 1. The molecule has 1 N–H and O–H groups in total. The predicted octanol–water partition coefficient (Wildman–Crippen LogP) is 4.51. The van der Waals surface area contributed by atoms with Crippen LogP contribution in [-0.2, 0) is 6.42 Å². The van der Waals surface area contributed by atoms with Crippen molar-refractivity contribution in [1.82, 2.24) is 9.80 Å². The highest BCUT2D eigenvalue weighted by Crippen LogP contribution is 2.39. The maximum absolute atomic E-state index is 12.8. The van der Waals surface area contributed by atoms with E-state index in [1.165, 1.54) is 16.5 Å². The van der Waals surface area contributed by atoms with E-state index in [1.54, 1.807) is 4.90 Å². The molecule has 0 atom stereocenters. The number of benzene rings is 2. The molecule has 1 aliphatic rings. The summed E-state index contributed by atoms with van der Waals surface area (Å²) in [6.07, 6.45) is 0.915. The minimum atomic E-state index is -0.466. The van der Waals surface area contributed by atoms with Crippen molar-refractivity contribution >= 4 is 46.6 Å². The van der Waals surface area contributed by atoms with Crippen LogP contribution in [0.15, 0.2) is 30.3 Å². The van der Waals surface area contributed by atoms with Gasteiger partial charge in [0.2, 0.25) is 0 Å². The number of halogens is 3. The lowest BCUT2D eigenvalue weighted by Crippen LogP contribution is -2.50. The first-order valence-electron chi connectivity index (χ1n) is 8.87. The first-order valence-corrected chi connectivity index (χ1v) is 10.0. The third-order valence-electron chi connectivity index (χ3n) is 4.82. The van der Waals surface area contributed by atoms with Crippen LogP contribution in [0.4, 0.5) is 0 Å². The molecule has 2 amide bonds. The van der Waals surface area contributed by atoms with Crippen molar-refractivity contribution in [2.45, 2.75) is 13.3 Å².